The average molecular weight is 364 g/mol. The number of halogens is 2. The summed E-state index contributed by atoms with van der Waals surface area (Å²) >= 11 is 0. The smallest absolute Gasteiger partial charge is 0.482 e. The first-order chi connectivity index (χ1) is 12.2. The van der Waals surface area contributed by atoms with Crippen LogP contribution in [0.2, 0.25) is 0 Å². The monoisotopic (exact) mass is 364 g/mol. The fraction of sp³-hybridized carbons (Fsp3) is 0.579. The molecule has 0 amide bonds. The van der Waals surface area contributed by atoms with Crippen molar-refractivity contribution in [3.8, 4) is 11.5 Å². The molecule has 3 aliphatic rings. The Morgan fingerprint density at radius 3 is 2.35 bits per heavy atom. The van der Waals surface area contributed by atoms with Crippen molar-refractivity contribution in [1.29, 1.82) is 0 Å². The second kappa shape index (κ2) is 5.96. The van der Waals surface area contributed by atoms with Crippen molar-refractivity contribution in [2.75, 3.05) is 0 Å². The minimum absolute atomic E-state index is 0.0465. The van der Waals surface area contributed by atoms with Crippen molar-refractivity contribution in [3.05, 3.63) is 23.8 Å². The van der Waals surface area contributed by atoms with Crippen LogP contribution in [-0.4, -0.2) is 31.0 Å². The summed E-state index contributed by atoms with van der Waals surface area (Å²) in [6.45, 7) is 4.99. The molecule has 2 fully saturated rings. The molecule has 2 aliphatic heterocycles. The van der Waals surface area contributed by atoms with Crippen molar-refractivity contribution >= 4 is 18.7 Å². The predicted octanol–water partition coefficient (Wildman–Crippen LogP) is 3.77. The summed E-state index contributed by atoms with van der Waals surface area (Å²) in [5.41, 5.74) is 0.459. The number of alkyl halides is 2. The van der Waals surface area contributed by atoms with E-state index in [4.69, 9.17) is 14.0 Å². The average Bonchev–Trinajstić information content (AvgIpc) is 3.34. The first-order valence-corrected chi connectivity index (χ1v) is 9.00. The summed E-state index contributed by atoms with van der Waals surface area (Å²) in [7, 11) is -0.597. The van der Waals surface area contributed by atoms with Gasteiger partial charge in [-0.3, -0.25) is 0 Å². The van der Waals surface area contributed by atoms with Gasteiger partial charge >= 0.3 is 13.7 Å². The van der Waals surface area contributed by atoms with Gasteiger partial charge in [-0.05, 0) is 64.1 Å². The lowest BCUT2D eigenvalue weighted by Crippen LogP contribution is -2.41. The Balaban J connectivity index is 1.72. The Morgan fingerprint density at radius 1 is 1.12 bits per heavy atom. The molecule has 1 saturated carbocycles. The van der Waals surface area contributed by atoms with Crippen LogP contribution in [0, 0.1) is 5.92 Å². The minimum Gasteiger partial charge on any atom is -0.482 e. The van der Waals surface area contributed by atoms with E-state index in [1.807, 2.05) is 39.8 Å². The van der Waals surface area contributed by atoms with Gasteiger partial charge in [-0.2, -0.15) is 8.78 Å². The number of hydrogen-bond donors (Lipinski definition) is 0. The molecule has 7 heteroatoms. The molecule has 140 valence electrons. The minimum atomic E-state index is -2.91. The first kappa shape index (κ1) is 17.8. The highest BCUT2D eigenvalue weighted by Gasteiger charge is 2.52. The molecule has 1 atom stereocenters. The van der Waals surface area contributed by atoms with E-state index in [-0.39, 0.29) is 11.9 Å². The van der Waals surface area contributed by atoms with Gasteiger partial charge in [-0.1, -0.05) is 12.1 Å². The molecule has 4 nitrogen and oxygen atoms in total. The van der Waals surface area contributed by atoms with Crippen molar-refractivity contribution in [1.82, 2.24) is 0 Å². The molecule has 0 aromatic heterocycles. The summed E-state index contributed by atoms with van der Waals surface area (Å²) in [4.78, 5) is 0. The number of ether oxygens (including phenoxy) is 2. The fourth-order valence-corrected chi connectivity index (χ4v) is 3.30. The van der Waals surface area contributed by atoms with Crippen LogP contribution in [-0.2, 0) is 9.31 Å². The molecular weight excluding hydrogens is 341 g/mol. The quantitative estimate of drug-likeness (QED) is 0.763. The standard InChI is InChI=1S/C19H23BF2O4/c1-18(2)19(3,4)26-20(25-18)13-8-10-15(24-17(21)22)16-12(13)7-9-14(23-16)11-5-6-11/h7-11,14,17H,5-6H2,1-4H3. The zero-order chi connectivity index (χ0) is 18.7. The lowest BCUT2D eigenvalue weighted by molar-refractivity contribution is -0.0519. The Kier molecular flexibility index (Phi) is 4.08. The third-order valence-corrected chi connectivity index (χ3v) is 5.71. The van der Waals surface area contributed by atoms with Crippen LogP contribution in [0.15, 0.2) is 18.2 Å². The van der Waals surface area contributed by atoms with Gasteiger partial charge in [-0.25, -0.2) is 0 Å². The maximum absolute atomic E-state index is 12.8. The molecule has 0 bridgehead atoms. The molecule has 1 saturated heterocycles. The molecule has 1 aliphatic carbocycles. The topological polar surface area (TPSA) is 36.9 Å². The first-order valence-electron chi connectivity index (χ1n) is 9.00. The van der Waals surface area contributed by atoms with Crippen LogP contribution < -0.4 is 14.9 Å². The number of hydrogen-bond acceptors (Lipinski definition) is 4. The van der Waals surface area contributed by atoms with Gasteiger partial charge in [0.25, 0.3) is 0 Å². The molecule has 1 aromatic carbocycles. The Morgan fingerprint density at radius 2 is 1.77 bits per heavy atom. The summed E-state index contributed by atoms with van der Waals surface area (Å²) in [5.74, 6) is 0.835. The van der Waals surface area contributed by atoms with Crippen LogP contribution in [0.4, 0.5) is 8.78 Å². The molecule has 1 unspecified atom stereocenters. The number of benzene rings is 1. The highest BCUT2D eigenvalue weighted by molar-refractivity contribution is 6.63. The number of fused-ring (bicyclic) bond motifs is 1. The molecule has 4 rings (SSSR count). The third kappa shape index (κ3) is 3.01. The highest BCUT2D eigenvalue weighted by Crippen LogP contribution is 2.44. The molecular formula is C19H23BF2O4. The Labute approximate surface area is 152 Å². The zero-order valence-corrected chi connectivity index (χ0v) is 15.4. The molecule has 0 spiro atoms. The van der Waals surface area contributed by atoms with Crippen LogP contribution in [0.3, 0.4) is 0 Å². The highest BCUT2D eigenvalue weighted by atomic mass is 19.3. The van der Waals surface area contributed by atoms with Crippen molar-refractivity contribution < 1.29 is 27.6 Å². The van der Waals surface area contributed by atoms with Crippen molar-refractivity contribution in [3.63, 3.8) is 0 Å². The normalized spacial score (nSPS) is 26.0. The van der Waals surface area contributed by atoms with Crippen molar-refractivity contribution in [2.24, 2.45) is 5.92 Å². The maximum Gasteiger partial charge on any atom is 0.495 e. The van der Waals surface area contributed by atoms with Gasteiger partial charge in [0, 0.05) is 5.56 Å². The largest absolute Gasteiger partial charge is 0.495 e. The molecule has 0 radical (unpaired) electrons. The van der Waals surface area contributed by atoms with Gasteiger partial charge in [0.05, 0.1) is 11.2 Å². The predicted molar refractivity (Wildman–Crippen MR) is 95.0 cm³/mol. The summed E-state index contributed by atoms with van der Waals surface area (Å²) in [6, 6.07) is 3.22. The molecule has 2 heterocycles. The van der Waals surface area contributed by atoms with Crippen molar-refractivity contribution in [2.45, 2.75) is 64.5 Å². The lowest BCUT2D eigenvalue weighted by atomic mass is 9.75. The van der Waals surface area contributed by atoms with E-state index >= 15 is 0 Å². The van der Waals surface area contributed by atoms with Gasteiger partial charge in [-0.15, -0.1) is 0 Å². The van der Waals surface area contributed by atoms with Gasteiger partial charge in [0.1, 0.15) is 6.10 Å². The van der Waals surface area contributed by atoms with E-state index in [2.05, 4.69) is 4.74 Å². The number of rotatable bonds is 4. The van der Waals surface area contributed by atoms with Crippen LogP contribution in [0.25, 0.3) is 6.08 Å². The molecule has 0 N–H and O–H groups in total. The van der Waals surface area contributed by atoms with Gasteiger partial charge in [0.15, 0.2) is 11.5 Å². The van der Waals surface area contributed by atoms with E-state index in [0.29, 0.717) is 17.2 Å². The summed E-state index contributed by atoms with van der Waals surface area (Å²) in [6.07, 6.45) is 5.98. The molecule has 26 heavy (non-hydrogen) atoms. The van der Waals surface area contributed by atoms with E-state index in [9.17, 15) is 8.78 Å². The fourth-order valence-electron chi connectivity index (χ4n) is 3.30. The van der Waals surface area contributed by atoms with Crippen LogP contribution >= 0.6 is 0 Å². The van der Waals surface area contributed by atoms with E-state index in [1.165, 1.54) is 6.07 Å². The van der Waals surface area contributed by atoms with Crippen LogP contribution in [0.5, 0.6) is 11.5 Å². The SMILES string of the molecule is CC1(C)OB(c2ccc(OC(F)F)c3c2C=CC(C2CC2)O3)OC1(C)C. The summed E-state index contributed by atoms with van der Waals surface area (Å²) < 4.78 is 48.6. The zero-order valence-electron chi connectivity index (χ0n) is 15.4. The Hall–Kier alpha value is -1.60. The van der Waals surface area contributed by atoms with Crippen LogP contribution in [0.1, 0.15) is 46.1 Å². The second-order valence-corrected chi connectivity index (χ2v) is 8.14. The molecule has 1 aromatic rings. The van der Waals surface area contributed by atoms with E-state index in [1.54, 1.807) is 6.07 Å². The van der Waals surface area contributed by atoms with Gasteiger partial charge < -0.3 is 18.8 Å². The summed E-state index contributed by atoms with van der Waals surface area (Å²) in [5, 5.41) is 0. The van der Waals surface area contributed by atoms with E-state index in [0.717, 1.165) is 18.3 Å². The second-order valence-electron chi connectivity index (χ2n) is 8.14. The van der Waals surface area contributed by atoms with Gasteiger partial charge in [0.2, 0.25) is 0 Å². The Bertz CT molecular complexity index is 727. The van der Waals surface area contributed by atoms with E-state index < -0.39 is 24.9 Å². The third-order valence-electron chi connectivity index (χ3n) is 5.71. The lowest BCUT2D eigenvalue weighted by Gasteiger charge is -2.32. The maximum atomic E-state index is 12.8.